The van der Waals surface area contributed by atoms with E-state index in [0.29, 0.717) is 17.7 Å². The van der Waals surface area contributed by atoms with Crippen molar-refractivity contribution in [1.82, 2.24) is 35.1 Å². The third-order valence-corrected chi connectivity index (χ3v) is 11.0. The van der Waals surface area contributed by atoms with Crippen LogP contribution in [0.3, 0.4) is 0 Å². The Bertz CT molecular complexity index is 2830. The molecule has 2 aromatic heterocycles. The Morgan fingerprint density at radius 2 is 1.30 bits per heavy atom. The Hall–Kier alpha value is -8.40. The number of anilines is 2. The van der Waals surface area contributed by atoms with Crippen molar-refractivity contribution in [2.24, 2.45) is 5.92 Å². The molecule has 28 heteroatoms. The van der Waals surface area contributed by atoms with Gasteiger partial charge in [-0.1, -0.05) is 13.8 Å². The summed E-state index contributed by atoms with van der Waals surface area (Å²) in [7, 11) is 1.08. The number of aromatic amines is 1. The number of aliphatic carboxylic acids is 1. The first kappa shape index (κ1) is 61.1. The van der Waals surface area contributed by atoms with Crippen molar-refractivity contribution in [2.75, 3.05) is 43.6 Å². The number of H-pyrrole nitrogens is 1. The van der Waals surface area contributed by atoms with Gasteiger partial charge in [-0.2, -0.15) is 18.2 Å². The Labute approximate surface area is 436 Å². The van der Waals surface area contributed by atoms with Gasteiger partial charge < -0.3 is 24.6 Å². The molecule has 0 fully saturated rings. The molecular weight excluding hydrogens is 1030 g/mol. The van der Waals surface area contributed by atoms with Crippen LogP contribution in [0.25, 0.3) is 11.2 Å². The average Bonchev–Trinajstić information content (AvgIpc) is 3.88. The molecule has 0 bridgehead atoms. The normalized spacial score (nSPS) is 13.7. The van der Waals surface area contributed by atoms with Gasteiger partial charge in [0.05, 0.1) is 45.2 Å². The molecule has 4 N–H and O–H groups in total. The van der Waals surface area contributed by atoms with Gasteiger partial charge in [0.15, 0.2) is 17.0 Å². The van der Waals surface area contributed by atoms with E-state index in [1.807, 2.05) is 0 Å². The SMILES string of the molecule is COC(=O)[C@H](CCC(=O)CCCOC(C)(C)OCCCC(=O)CCN1C(=O)C=CC1=O)NC(=O)c1ccc(N(Cc2cnc3nc(NC(=O)C(C)C)[nH]c(=O)c3n2)C(=O)C(F)(F)F)cc1.O=C(O)CCN1C(=O)C=CC1=O. The van der Waals surface area contributed by atoms with Gasteiger partial charge in [-0.3, -0.25) is 77.7 Å². The zero-order chi connectivity index (χ0) is 57.2. The number of nitrogens with zero attached hydrogens (tertiary/aromatic N) is 6. The van der Waals surface area contributed by atoms with Crippen LogP contribution in [0, 0.1) is 5.92 Å². The zero-order valence-electron chi connectivity index (χ0n) is 42.4. The van der Waals surface area contributed by atoms with Gasteiger partial charge in [0.25, 0.3) is 35.1 Å². The molecule has 4 heterocycles. The van der Waals surface area contributed by atoms with E-state index in [9.17, 15) is 70.7 Å². The van der Waals surface area contributed by atoms with E-state index in [0.717, 1.165) is 71.7 Å². The topological polar surface area (TPSA) is 341 Å². The maximum Gasteiger partial charge on any atom is 0.471 e. The summed E-state index contributed by atoms with van der Waals surface area (Å²) in [5, 5.41) is 13.1. The number of carbonyl (C=O) groups excluding carboxylic acids is 10. The van der Waals surface area contributed by atoms with Crippen LogP contribution in [0.15, 0.2) is 59.6 Å². The molecule has 77 heavy (non-hydrogen) atoms. The Morgan fingerprint density at radius 3 is 1.81 bits per heavy atom. The van der Waals surface area contributed by atoms with Gasteiger partial charge in [-0.15, -0.1) is 0 Å². The van der Waals surface area contributed by atoms with E-state index in [4.69, 9.17) is 19.3 Å². The fourth-order valence-electron chi connectivity index (χ4n) is 6.89. The third-order valence-electron chi connectivity index (χ3n) is 11.0. The van der Waals surface area contributed by atoms with Crippen LogP contribution in [0.1, 0.15) is 95.1 Å². The number of aromatic nitrogens is 4. The predicted octanol–water partition coefficient (Wildman–Crippen LogP) is 2.62. The van der Waals surface area contributed by atoms with Gasteiger partial charge in [-0.05, 0) is 57.4 Å². The summed E-state index contributed by atoms with van der Waals surface area (Å²) in [4.78, 5) is 159. The Kier molecular flexibility index (Phi) is 22.2. The number of rotatable bonds is 27. The summed E-state index contributed by atoms with van der Waals surface area (Å²) < 4.78 is 57.6. The highest BCUT2D eigenvalue weighted by Crippen LogP contribution is 2.26. The first-order chi connectivity index (χ1) is 36.2. The number of nitrogens with one attached hydrogen (secondary N) is 3. The van der Waals surface area contributed by atoms with Crippen molar-refractivity contribution < 1.29 is 85.2 Å². The molecule has 0 aliphatic carbocycles. The Balaban J connectivity index is 0.000000936. The number of alkyl halides is 3. The molecule has 0 unspecified atom stereocenters. The van der Waals surface area contributed by atoms with Gasteiger partial charge in [-0.25, -0.2) is 14.8 Å². The molecule has 0 radical (unpaired) electrons. The van der Waals surface area contributed by atoms with Crippen molar-refractivity contribution in [3.8, 4) is 0 Å². The second-order valence-corrected chi connectivity index (χ2v) is 17.7. The van der Waals surface area contributed by atoms with Crippen molar-refractivity contribution in [1.29, 1.82) is 0 Å². The molecule has 3 aromatic rings. The minimum Gasteiger partial charge on any atom is -0.481 e. The number of carboxylic acids is 1. The number of benzene rings is 1. The number of Topliss-reactive ketones (excluding diaryl/α,β-unsaturated/α-hetero) is 2. The first-order valence-electron chi connectivity index (χ1n) is 23.7. The molecule has 5 rings (SSSR count). The summed E-state index contributed by atoms with van der Waals surface area (Å²) in [5.41, 5.74) is -2.11. The summed E-state index contributed by atoms with van der Waals surface area (Å²) in [6, 6.07) is 3.07. The smallest absolute Gasteiger partial charge is 0.471 e. The monoisotopic (exact) mass is 1080 g/mol. The minimum absolute atomic E-state index is 0.0124. The maximum absolute atomic E-state index is 13.8. The predicted molar refractivity (Wildman–Crippen MR) is 261 cm³/mol. The number of carboxylic acid groups (broad SMARTS) is 1. The largest absolute Gasteiger partial charge is 0.481 e. The number of amides is 7. The van der Waals surface area contributed by atoms with Crippen molar-refractivity contribution in [2.45, 2.75) is 104 Å². The number of esters is 1. The minimum atomic E-state index is -5.35. The number of hydrogen-bond donors (Lipinski definition) is 4. The van der Waals surface area contributed by atoms with Crippen LogP contribution in [-0.4, -0.2) is 151 Å². The number of halogens is 3. The molecule has 25 nitrogen and oxygen atoms in total. The van der Waals surface area contributed by atoms with Crippen LogP contribution >= 0.6 is 0 Å². The second-order valence-electron chi connectivity index (χ2n) is 17.7. The molecule has 0 spiro atoms. The zero-order valence-corrected chi connectivity index (χ0v) is 42.4. The summed E-state index contributed by atoms with van der Waals surface area (Å²) in [6.45, 7) is 6.03. The number of fused-ring (bicyclic) bond motifs is 1. The van der Waals surface area contributed by atoms with Crippen molar-refractivity contribution in [3.63, 3.8) is 0 Å². The summed E-state index contributed by atoms with van der Waals surface area (Å²) >= 11 is 0. The Morgan fingerprint density at radius 1 is 0.766 bits per heavy atom. The number of imide groups is 2. The number of carbonyl (C=O) groups is 11. The van der Waals surface area contributed by atoms with E-state index < -0.39 is 89.3 Å². The quantitative estimate of drug-likeness (QED) is 0.0369. The van der Waals surface area contributed by atoms with Crippen molar-refractivity contribution >= 4 is 87.7 Å². The van der Waals surface area contributed by atoms with Crippen LogP contribution in [0.5, 0.6) is 0 Å². The van der Waals surface area contributed by atoms with Crippen LogP contribution in [0.4, 0.5) is 24.8 Å². The van der Waals surface area contributed by atoms with Crippen molar-refractivity contribution in [3.05, 3.63) is 76.4 Å². The first-order valence-corrected chi connectivity index (χ1v) is 23.7. The lowest BCUT2D eigenvalue weighted by atomic mass is 10.1. The van der Waals surface area contributed by atoms with Gasteiger partial charge in [0, 0.05) is 80.2 Å². The van der Waals surface area contributed by atoms with E-state index in [1.54, 1.807) is 27.7 Å². The molecule has 414 valence electrons. The van der Waals surface area contributed by atoms with Crippen LogP contribution in [-0.2, 0) is 68.7 Å². The average molecular weight is 1080 g/mol. The summed E-state index contributed by atoms with van der Waals surface area (Å²) in [6.07, 6.45) is 0.706. The molecule has 1 atom stereocenters. The van der Waals surface area contributed by atoms with E-state index in [-0.39, 0.29) is 110 Å². The molecule has 2 aliphatic heterocycles. The lowest BCUT2D eigenvalue weighted by molar-refractivity contribution is -0.214. The van der Waals surface area contributed by atoms with Gasteiger partial charge >= 0.3 is 24.0 Å². The van der Waals surface area contributed by atoms with Crippen LogP contribution < -0.4 is 21.1 Å². The highest BCUT2D eigenvalue weighted by molar-refractivity contribution is 6.13. The number of ketones is 2. The molecule has 1 aromatic carbocycles. The highest BCUT2D eigenvalue weighted by Gasteiger charge is 2.43. The fourth-order valence-corrected chi connectivity index (χ4v) is 6.89. The number of hydrogen-bond acceptors (Lipinski definition) is 18. The number of ether oxygens (including phenoxy) is 3. The molecule has 7 amide bonds. The lowest BCUT2D eigenvalue weighted by Gasteiger charge is -2.25. The lowest BCUT2D eigenvalue weighted by Crippen LogP contribution is -2.42. The second kappa shape index (κ2) is 27.9. The highest BCUT2D eigenvalue weighted by atomic mass is 19.4. The molecule has 0 saturated heterocycles. The number of methoxy groups -OCH3 is 1. The summed E-state index contributed by atoms with van der Waals surface area (Å²) in [5.74, 6) is -9.33. The molecule has 0 saturated carbocycles. The van der Waals surface area contributed by atoms with E-state index in [1.165, 1.54) is 0 Å². The third kappa shape index (κ3) is 19.0. The van der Waals surface area contributed by atoms with E-state index >= 15 is 0 Å². The molecular formula is C49H56F3N9O16. The molecule has 2 aliphatic rings. The fraction of sp³-hybridized carbons (Fsp3) is 0.449. The van der Waals surface area contributed by atoms with Gasteiger partial charge in [0.1, 0.15) is 17.6 Å². The maximum atomic E-state index is 13.8. The van der Waals surface area contributed by atoms with Gasteiger partial charge in [0.2, 0.25) is 11.9 Å². The standard InChI is InChI=1S/C42H49F3N8O12.C7H7NO4/c1-24(2)35(58)50-40-49-34-33(37(60)51-40)47-26(22-46-34)23-53(39(62)42(43,44)45)27-12-10-25(11-13-27)36(59)48-30(38(61)63-5)15-14-28(54)8-6-20-64-41(3,4)65-21-7-9-29(55)18-19-52-31(56)16-17-32(52)57;9-5-1-2-6(10)8(5)4-3-7(11)12/h10-13,16-17,22,24,30H,6-9,14-15,18-21,23H2,1-5H3,(H,48,59)(H2,46,49,50,51,58,60);1-2H,3-4H2,(H,11,12)/t30-;/m0./s1. The van der Waals surface area contributed by atoms with E-state index in [2.05, 4.69) is 30.6 Å². The van der Waals surface area contributed by atoms with Crippen LogP contribution in [0.2, 0.25) is 0 Å².